The standard InChI is InChI=1S/C20H15FN2O3S/c21-17-12-11-15(13-18(17)23(25)26)22-20(24)19(14-7-3-1-4-8-14)27-16-9-5-2-6-10-16/h1-13,19H,(H,22,24). The van der Waals surface area contributed by atoms with E-state index in [-0.39, 0.29) is 11.6 Å². The van der Waals surface area contributed by atoms with E-state index < -0.39 is 21.7 Å². The number of hydrogen-bond donors (Lipinski definition) is 1. The third-order valence-electron chi connectivity index (χ3n) is 3.75. The largest absolute Gasteiger partial charge is 0.325 e. The van der Waals surface area contributed by atoms with Gasteiger partial charge in [-0.25, -0.2) is 0 Å². The van der Waals surface area contributed by atoms with Crippen LogP contribution in [-0.4, -0.2) is 10.8 Å². The molecule has 0 saturated carbocycles. The Bertz CT molecular complexity index is 952. The summed E-state index contributed by atoms with van der Waals surface area (Å²) in [7, 11) is 0. The second-order valence-electron chi connectivity index (χ2n) is 5.63. The van der Waals surface area contributed by atoms with Gasteiger partial charge in [-0.3, -0.25) is 14.9 Å². The molecule has 0 fully saturated rings. The van der Waals surface area contributed by atoms with Crippen LogP contribution in [0.1, 0.15) is 10.8 Å². The predicted molar refractivity (Wildman–Crippen MR) is 103 cm³/mol. The topological polar surface area (TPSA) is 72.2 Å². The first-order valence-electron chi connectivity index (χ1n) is 8.06. The molecule has 1 unspecified atom stereocenters. The fourth-order valence-electron chi connectivity index (χ4n) is 2.47. The van der Waals surface area contributed by atoms with E-state index in [1.54, 1.807) is 0 Å². The minimum atomic E-state index is -0.948. The molecule has 0 saturated heterocycles. The van der Waals surface area contributed by atoms with Crippen molar-refractivity contribution in [3.63, 3.8) is 0 Å². The number of nitro groups is 1. The molecule has 1 amide bonds. The van der Waals surface area contributed by atoms with Crippen LogP contribution in [0.3, 0.4) is 0 Å². The van der Waals surface area contributed by atoms with Crippen molar-refractivity contribution in [3.05, 3.63) is 100 Å². The van der Waals surface area contributed by atoms with Crippen LogP contribution >= 0.6 is 11.8 Å². The van der Waals surface area contributed by atoms with Crippen molar-refractivity contribution in [1.29, 1.82) is 0 Å². The Labute approximate surface area is 159 Å². The van der Waals surface area contributed by atoms with Crippen molar-refractivity contribution < 1.29 is 14.1 Å². The fraction of sp³-hybridized carbons (Fsp3) is 0.0500. The molecular formula is C20H15FN2O3S. The molecule has 3 aromatic carbocycles. The molecule has 136 valence electrons. The molecule has 3 rings (SSSR count). The van der Waals surface area contributed by atoms with E-state index in [1.807, 2.05) is 60.7 Å². The third kappa shape index (κ3) is 4.71. The molecule has 0 radical (unpaired) electrons. The van der Waals surface area contributed by atoms with Crippen molar-refractivity contribution in [3.8, 4) is 0 Å². The maximum atomic E-state index is 13.5. The van der Waals surface area contributed by atoms with Gasteiger partial charge in [-0.2, -0.15) is 4.39 Å². The first kappa shape index (κ1) is 18.6. The van der Waals surface area contributed by atoms with E-state index in [1.165, 1.54) is 17.8 Å². The summed E-state index contributed by atoms with van der Waals surface area (Å²) in [6, 6.07) is 21.9. The first-order chi connectivity index (χ1) is 13.0. The molecule has 7 heteroatoms. The summed E-state index contributed by atoms with van der Waals surface area (Å²) >= 11 is 1.36. The molecule has 1 N–H and O–H groups in total. The summed E-state index contributed by atoms with van der Waals surface area (Å²) in [4.78, 5) is 23.9. The van der Waals surface area contributed by atoms with Gasteiger partial charge < -0.3 is 5.32 Å². The normalized spacial score (nSPS) is 11.6. The van der Waals surface area contributed by atoms with Crippen LogP contribution < -0.4 is 5.32 Å². The van der Waals surface area contributed by atoms with Gasteiger partial charge in [0.1, 0.15) is 5.25 Å². The Hall–Kier alpha value is -3.19. The third-order valence-corrected chi connectivity index (χ3v) is 5.01. The lowest BCUT2D eigenvalue weighted by atomic mass is 10.1. The van der Waals surface area contributed by atoms with Gasteiger partial charge in [-0.1, -0.05) is 48.5 Å². The van der Waals surface area contributed by atoms with Gasteiger partial charge in [0.2, 0.25) is 11.7 Å². The number of carbonyl (C=O) groups is 1. The SMILES string of the molecule is O=C(Nc1ccc(F)c([N+](=O)[O-])c1)C(Sc1ccccc1)c1ccccc1. The smallest absolute Gasteiger partial charge is 0.306 e. The van der Waals surface area contributed by atoms with E-state index >= 15 is 0 Å². The number of anilines is 1. The molecule has 0 aliphatic rings. The molecule has 0 aliphatic heterocycles. The molecule has 3 aromatic rings. The average Bonchev–Trinajstić information content (AvgIpc) is 2.69. The number of benzene rings is 3. The summed E-state index contributed by atoms with van der Waals surface area (Å²) in [5, 5.41) is 13.0. The zero-order chi connectivity index (χ0) is 19.2. The first-order valence-corrected chi connectivity index (χ1v) is 8.94. The number of rotatable bonds is 6. The highest BCUT2D eigenvalue weighted by atomic mass is 32.2. The lowest BCUT2D eigenvalue weighted by Crippen LogP contribution is -2.19. The Morgan fingerprint density at radius 1 is 1.00 bits per heavy atom. The maximum Gasteiger partial charge on any atom is 0.306 e. The van der Waals surface area contributed by atoms with Crippen LogP contribution in [0.2, 0.25) is 0 Å². The minimum absolute atomic E-state index is 0.169. The van der Waals surface area contributed by atoms with Gasteiger partial charge in [0.05, 0.1) is 4.92 Å². The quantitative estimate of drug-likeness (QED) is 0.361. The van der Waals surface area contributed by atoms with E-state index in [0.29, 0.717) is 0 Å². The minimum Gasteiger partial charge on any atom is -0.325 e. The number of nitrogens with zero attached hydrogens (tertiary/aromatic N) is 1. The second kappa shape index (κ2) is 8.46. The Balaban J connectivity index is 1.87. The number of hydrogen-bond acceptors (Lipinski definition) is 4. The summed E-state index contributed by atoms with van der Waals surface area (Å²) in [6.07, 6.45) is 0. The van der Waals surface area contributed by atoms with E-state index in [0.717, 1.165) is 22.6 Å². The molecule has 5 nitrogen and oxygen atoms in total. The molecule has 0 spiro atoms. The Morgan fingerprint density at radius 3 is 2.26 bits per heavy atom. The number of halogens is 1. The highest BCUT2D eigenvalue weighted by molar-refractivity contribution is 8.00. The summed E-state index contributed by atoms with van der Waals surface area (Å²) in [5.74, 6) is -1.30. The van der Waals surface area contributed by atoms with Crippen molar-refractivity contribution in [2.24, 2.45) is 0 Å². The number of nitro benzene ring substituents is 1. The van der Waals surface area contributed by atoms with Crippen molar-refractivity contribution in [2.75, 3.05) is 5.32 Å². The monoisotopic (exact) mass is 382 g/mol. The number of carbonyl (C=O) groups excluding carboxylic acids is 1. The van der Waals surface area contributed by atoms with Crippen molar-refractivity contribution >= 4 is 29.0 Å². The molecule has 0 bridgehead atoms. The fourth-order valence-corrected chi connectivity index (χ4v) is 3.52. The lowest BCUT2D eigenvalue weighted by Gasteiger charge is -2.17. The zero-order valence-corrected chi connectivity index (χ0v) is 14.9. The van der Waals surface area contributed by atoms with Crippen LogP contribution in [0.15, 0.2) is 83.8 Å². The van der Waals surface area contributed by atoms with Crippen LogP contribution in [0.5, 0.6) is 0 Å². The van der Waals surface area contributed by atoms with Crippen molar-refractivity contribution in [1.82, 2.24) is 0 Å². The van der Waals surface area contributed by atoms with E-state index in [9.17, 15) is 19.3 Å². The lowest BCUT2D eigenvalue weighted by molar-refractivity contribution is -0.387. The summed E-state index contributed by atoms with van der Waals surface area (Å²) in [6.45, 7) is 0. The van der Waals surface area contributed by atoms with Crippen LogP contribution in [0.4, 0.5) is 15.8 Å². The van der Waals surface area contributed by atoms with Crippen molar-refractivity contribution in [2.45, 2.75) is 10.1 Å². The number of amides is 1. The zero-order valence-electron chi connectivity index (χ0n) is 14.0. The summed E-state index contributed by atoms with van der Waals surface area (Å²) in [5.41, 5.74) is 0.280. The summed E-state index contributed by atoms with van der Waals surface area (Å²) < 4.78 is 13.5. The van der Waals surface area contributed by atoms with Gasteiger partial charge >= 0.3 is 5.69 Å². The Kier molecular flexibility index (Phi) is 5.83. The molecule has 1 atom stereocenters. The van der Waals surface area contributed by atoms with Crippen LogP contribution in [0.25, 0.3) is 0 Å². The van der Waals surface area contributed by atoms with Gasteiger partial charge in [0.25, 0.3) is 0 Å². The predicted octanol–water partition coefficient (Wildman–Crippen LogP) is 5.21. The maximum absolute atomic E-state index is 13.5. The highest BCUT2D eigenvalue weighted by Gasteiger charge is 2.23. The van der Waals surface area contributed by atoms with Gasteiger partial charge in [-0.05, 0) is 29.8 Å². The van der Waals surface area contributed by atoms with Crippen LogP contribution in [-0.2, 0) is 4.79 Å². The molecule has 0 aliphatic carbocycles. The molecule has 0 aromatic heterocycles. The highest BCUT2D eigenvalue weighted by Crippen LogP contribution is 2.36. The van der Waals surface area contributed by atoms with E-state index in [2.05, 4.69) is 5.32 Å². The average molecular weight is 382 g/mol. The second-order valence-corrected chi connectivity index (χ2v) is 6.81. The van der Waals surface area contributed by atoms with Gasteiger partial charge in [0, 0.05) is 16.6 Å². The molecule has 27 heavy (non-hydrogen) atoms. The number of thioether (sulfide) groups is 1. The molecule has 0 heterocycles. The number of nitrogens with one attached hydrogen (secondary N) is 1. The van der Waals surface area contributed by atoms with Crippen LogP contribution in [0, 0.1) is 15.9 Å². The Morgan fingerprint density at radius 2 is 1.63 bits per heavy atom. The molecular weight excluding hydrogens is 367 g/mol. The van der Waals surface area contributed by atoms with E-state index in [4.69, 9.17) is 0 Å². The van der Waals surface area contributed by atoms with Gasteiger partial charge in [0.15, 0.2) is 0 Å². The van der Waals surface area contributed by atoms with Gasteiger partial charge in [-0.15, -0.1) is 11.8 Å².